The lowest BCUT2D eigenvalue weighted by molar-refractivity contribution is -0.00273. The van der Waals surface area contributed by atoms with E-state index < -0.39 is 11.6 Å². The lowest BCUT2D eigenvalue weighted by Gasteiger charge is -2.29. The zero-order valence-electron chi connectivity index (χ0n) is 22.6. The lowest BCUT2D eigenvalue weighted by atomic mass is 9.88. The van der Waals surface area contributed by atoms with E-state index in [4.69, 9.17) is 9.47 Å². The van der Waals surface area contributed by atoms with Crippen molar-refractivity contribution in [1.29, 1.82) is 0 Å². The highest BCUT2D eigenvalue weighted by Gasteiger charge is 2.25. The molecule has 5 heteroatoms. The van der Waals surface area contributed by atoms with Gasteiger partial charge in [-0.2, -0.15) is 4.39 Å². The molecule has 1 saturated heterocycles. The lowest BCUT2D eigenvalue weighted by Crippen LogP contribution is -2.25. The van der Waals surface area contributed by atoms with Gasteiger partial charge >= 0.3 is 0 Å². The van der Waals surface area contributed by atoms with Crippen molar-refractivity contribution in [2.45, 2.75) is 83.7 Å². The Balaban J connectivity index is 1.38. The summed E-state index contributed by atoms with van der Waals surface area (Å²) in [4.78, 5) is 0. The molecule has 38 heavy (non-hydrogen) atoms. The fraction of sp³-hybridized carbons (Fsp3) is 0.455. The number of hydrogen-bond acceptors (Lipinski definition) is 2. The zero-order chi connectivity index (χ0) is 26.9. The van der Waals surface area contributed by atoms with Crippen molar-refractivity contribution in [1.82, 2.24) is 0 Å². The highest BCUT2D eigenvalue weighted by molar-refractivity contribution is 5.71. The van der Waals surface area contributed by atoms with Gasteiger partial charge in [-0.25, -0.2) is 8.78 Å². The third-order valence-electron chi connectivity index (χ3n) is 7.48. The fourth-order valence-electron chi connectivity index (χ4n) is 5.21. The molecular weight excluding hydrogens is 485 g/mol. The highest BCUT2D eigenvalue weighted by atomic mass is 19.2. The van der Waals surface area contributed by atoms with Crippen LogP contribution in [-0.2, 0) is 4.74 Å². The van der Waals surface area contributed by atoms with Gasteiger partial charge in [0.05, 0.1) is 19.3 Å². The molecule has 0 spiro atoms. The molecule has 0 aliphatic carbocycles. The largest absolute Gasteiger partial charge is 0.490 e. The first-order chi connectivity index (χ1) is 18.5. The number of rotatable bonds is 12. The number of unbranched alkanes of at least 4 members (excludes halogenated alkanes) is 4. The Morgan fingerprint density at radius 3 is 2.18 bits per heavy atom. The Labute approximate surface area is 225 Å². The van der Waals surface area contributed by atoms with E-state index in [1.807, 2.05) is 19.1 Å². The van der Waals surface area contributed by atoms with Gasteiger partial charge in [0, 0.05) is 11.5 Å². The molecule has 1 aliphatic heterocycles. The van der Waals surface area contributed by atoms with Crippen molar-refractivity contribution >= 4 is 0 Å². The minimum absolute atomic E-state index is 0.0740. The molecule has 2 unspecified atom stereocenters. The molecule has 0 N–H and O–H groups in total. The Hall–Kier alpha value is -2.79. The van der Waals surface area contributed by atoms with Gasteiger partial charge in [0.25, 0.3) is 0 Å². The maximum Gasteiger partial charge on any atom is 0.201 e. The molecule has 1 fully saturated rings. The van der Waals surface area contributed by atoms with Crippen molar-refractivity contribution in [3.8, 4) is 28.0 Å². The summed E-state index contributed by atoms with van der Waals surface area (Å²) in [5.41, 5.74) is 2.97. The number of hydrogen-bond donors (Lipinski definition) is 0. The van der Waals surface area contributed by atoms with E-state index in [-0.39, 0.29) is 23.0 Å². The third-order valence-corrected chi connectivity index (χ3v) is 7.48. The van der Waals surface area contributed by atoms with Crippen molar-refractivity contribution in [3.63, 3.8) is 0 Å². The van der Waals surface area contributed by atoms with Gasteiger partial charge in [-0.3, -0.25) is 0 Å². The van der Waals surface area contributed by atoms with E-state index in [1.165, 1.54) is 44.2 Å². The van der Waals surface area contributed by atoms with Gasteiger partial charge in [0.2, 0.25) is 5.82 Å². The highest BCUT2D eigenvalue weighted by Crippen LogP contribution is 2.35. The molecule has 204 valence electrons. The molecule has 2 nitrogen and oxygen atoms in total. The monoisotopic (exact) mass is 524 g/mol. The van der Waals surface area contributed by atoms with Crippen molar-refractivity contribution < 1.29 is 22.6 Å². The van der Waals surface area contributed by atoms with Gasteiger partial charge in [-0.05, 0) is 66.1 Å². The second kappa shape index (κ2) is 13.8. The van der Waals surface area contributed by atoms with Crippen LogP contribution in [0.4, 0.5) is 13.2 Å². The molecule has 0 saturated carbocycles. The fourth-order valence-corrected chi connectivity index (χ4v) is 5.21. The molecule has 3 aromatic carbocycles. The van der Waals surface area contributed by atoms with Crippen LogP contribution in [0.2, 0.25) is 0 Å². The smallest absolute Gasteiger partial charge is 0.201 e. The topological polar surface area (TPSA) is 18.5 Å². The SMILES string of the molecule is CCCCCCCC1CCC(c2ccc(-c3ccc(-c4ccc(OCCC)c(F)c4F)cc3)cc2F)CO1. The summed E-state index contributed by atoms with van der Waals surface area (Å²) < 4.78 is 55.6. The van der Waals surface area contributed by atoms with Gasteiger partial charge in [0.1, 0.15) is 5.82 Å². The summed E-state index contributed by atoms with van der Waals surface area (Å²) in [6.45, 7) is 5.02. The molecule has 1 heterocycles. The summed E-state index contributed by atoms with van der Waals surface area (Å²) in [7, 11) is 0. The first-order valence-corrected chi connectivity index (χ1v) is 14.1. The minimum atomic E-state index is -0.984. The molecule has 4 rings (SSSR count). The quantitative estimate of drug-likeness (QED) is 0.220. The van der Waals surface area contributed by atoms with Gasteiger partial charge < -0.3 is 9.47 Å². The Morgan fingerprint density at radius 2 is 1.50 bits per heavy atom. The predicted molar refractivity (Wildman–Crippen MR) is 148 cm³/mol. The van der Waals surface area contributed by atoms with E-state index in [1.54, 1.807) is 30.3 Å². The third kappa shape index (κ3) is 6.99. The van der Waals surface area contributed by atoms with Gasteiger partial charge in [-0.15, -0.1) is 0 Å². The molecule has 1 aliphatic rings. The van der Waals surface area contributed by atoms with Crippen LogP contribution in [0, 0.1) is 17.5 Å². The summed E-state index contributed by atoms with van der Waals surface area (Å²) in [6.07, 6.45) is 10.3. The van der Waals surface area contributed by atoms with Gasteiger partial charge in [-0.1, -0.05) is 82.3 Å². The van der Waals surface area contributed by atoms with Crippen LogP contribution in [0.25, 0.3) is 22.3 Å². The van der Waals surface area contributed by atoms with Crippen LogP contribution < -0.4 is 4.74 Å². The molecule has 0 amide bonds. The standard InChI is InChI=1S/C33H39F3O2/c1-3-5-6-7-8-9-27-16-14-26(22-38-27)28-17-15-25(21-30(28)34)23-10-12-24(13-11-23)29-18-19-31(37-20-4-2)33(36)32(29)35/h10-13,15,17-19,21,26-27H,3-9,14,16,20,22H2,1-2H3. The normalized spacial score (nSPS) is 17.5. The Morgan fingerprint density at radius 1 is 0.763 bits per heavy atom. The molecule has 0 radical (unpaired) electrons. The van der Waals surface area contributed by atoms with E-state index in [9.17, 15) is 8.78 Å². The maximum atomic E-state index is 15.1. The first kappa shape index (κ1) is 28.2. The summed E-state index contributed by atoms with van der Waals surface area (Å²) in [5.74, 6) is -2.15. The van der Waals surface area contributed by atoms with Crippen LogP contribution in [0.1, 0.15) is 83.1 Å². The van der Waals surface area contributed by atoms with Crippen LogP contribution in [-0.4, -0.2) is 19.3 Å². The summed E-state index contributed by atoms with van der Waals surface area (Å²) >= 11 is 0. The first-order valence-electron chi connectivity index (χ1n) is 14.1. The molecule has 0 aromatic heterocycles. The van der Waals surface area contributed by atoms with Crippen LogP contribution in [0.3, 0.4) is 0 Å². The average molecular weight is 525 g/mol. The van der Waals surface area contributed by atoms with Gasteiger partial charge in [0.15, 0.2) is 11.6 Å². The molecule has 2 atom stereocenters. The number of ether oxygens (including phenoxy) is 2. The van der Waals surface area contributed by atoms with E-state index in [0.717, 1.165) is 30.4 Å². The van der Waals surface area contributed by atoms with E-state index in [0.29, 0.717) is 36.9 Å². The summed E-state index contributed by atoms with van der Waals surface area (Å²) in [5, 5.41) is 0. The number of halogens is 3. The zero-order valence-corrected chi connectivity index (χ0v) is 22.6. The maximum absolute atomic E-state index is 15.1. The van der Waals surface area contributed by atoms with Crippen molar-refractivity contribution in [2.75, 3.05) is 13.2 Å². The van der Waals surface area contributed by atoms with Crippen molar-refractivity contribution in [3.05, 3.63) is 77.6 Å². The Bertz CT molecular complexity index is 1170. The van der Waals surface area contributed by atoms with E-state index in [2.05, 4.69) is 6.92 Å². The second-order valence-corrected chi connectivity index (χ2v) is 10.3. The molecule has 0 bridgehead atoms. The van der Waals surface area contributed by atoms with Crippen LogP contribution >= 0.6 is 0 Å². The number of benzene rings is 3. The second-order valence-electron chi connectivity index (χ2n) is 10.3. The predicted octanol–water partition coefficient (Wildman–Crippen LogP) is 9.85. The average Bonchev–Trinajstić information content (AvgIpc) is 2.94. The van der Waals surface area contributed by atoms with Crippen molar-refractivity contribution in [2.24, 2.45) is 0 Å². The summed E-state index contributed by atoms with van der Waals surface area (Å²) in [6, 6.07) is 15.4. The van der Waals surface area contributed by atoms with Crippen LogP contribution in [0.15, 0.2) is 54.6 Å². The minimum Gasteiger partial charge on any atom is -0.490 e. The molecular formula is C33H39F3O2. The Kier molecular flexibility index (Phi) is 10.3. The van der Waals surface area contributed by atoms with Crippen LogP contribution in [0.5, 0.6) is 5.75 Å². The van der Waals surface area contributed by atoms with E-state index >= 15 is 4.39 Å². The molecule has 3 aromatic rings.